The van der Waals surface area contributed by atoms with Gasteiger partial charge in [-0.15, -0.1) is 11.3 Å². The summed E-state index contributed by atoms with van der Waals surface area (Å²) >= 11 is 3.13. The van der Waals surface area contributed by atoms with Gasteiger partial charge in [0.25, 0.3) is 0 Å². The van der Waals surface area contributed by atoms with E-state index in [0.29, 0.717) is 0 Å². The van der Waals surface area contributed by atoms with Gasteiger partial charge in [0, 0.05) is 4.88 Å². The van der Waals surface area contributed by atoms with Gasteiger partial charge in [0.05, 0.1) is 11.8 Å². The van der Waals surface area contributed by atoms with Crippen molar-refractivity contribution in [1.82, 2.24) is 4.72 Å². The Morgan fingerprint density at radius 2 is 2.18 bits per heavy atom. The van der Waals surface area contributed by atoms with E-state index >= 15 is 0 Å². The fourth-order valence-electron chi connectivity index (χ4n) is 1.45. The molecule has 2 rings (SSSR count). The molecule has 2 aromatic heterocycles. The molecular formula is C11H13NO2S3. The first-order valence-corrected chi connectivity index (χ1v) is 8.65. The minimum Gasteiger partial charge on any atom is -0.212 e. The summed E-state index contributed by atoms with van der Waals surface area (Å²) in [5, 5.41) is 5.88. The molecule has 3 nitrogen and oxygen atoms in total. The van der Waals surface area contributed by atoms with Crippen molar-refractivity contribution in [2.75, 3.05) is 5.75 Å². The highest BCUT2D eigenvalue weighted by Gasteiger charge is 2.20. The molecule has 0 amide bonds. The number of hydrogen-bond acceptors (Lipinski definition) is 4. The van der Waals surface area contributed by atoms with Crippen molar-refractivity contribution in [3.05, 3.63) is 44.8 Å². The molecule has 0 bridgehead atoms. The predicted octanol–water partition coefficient (Wildman–Crippen LogP) is 2.84. The quantitative estimate of drug-likeness (QED) is 0.919. The van der Waals surface area contributed by atoms with Crippen molar-refractivity contribution in [2.45, 2.75) is 13.0 Å². The Balaban J connectivity index is 2.33. The third-order valence-corrected chi connectivity index (χ3v) is 5.38. The van der Waals surface area contributed by atoms with Crippen LogP contribution in [0.25, 0.3) is 0 Å². The third-order valence-electron chi connectivity index (χ3n) is 2.38. The zero-order chi connectivity index (χ0) is 12.3. The Bertz CT molecular complexity index is 509. The van der Waals surface area contributed by atoms with Crippen molar-refractivity contribution >= 4 is 32.7 Å². The normalized spacial score (nSPS) is 13.7. The largest absolute Gasteiger partial charge is 0.212 e. The highest BCUT2D eigenvalue weighted by molar-refractivity contribution is 7.89. The number of sulfonamides is 1. The van der Waals surface area contributed by atoms with Crippen molar-refractivity contribution in [3.8, 4) is 0 Å². The van der Waals surface area contributed by atoms with Crippen LogP contribution in [0.3, 0.4) is 0 Å². The Labute approximate surface area is 109 Å². The average molecular weight is 287 g/mol. The van der Waals surface area contributed by atoms with E-state index < -0.39 is 10.0 Å². The molecule has 0 aliphatic heterocycles. The van der Waals surface area contributed by atoms with Crippen LogP contribution >= 0.6 is 22.7 Å². The molecule has 0 aromatic carbocycles. The smallest absolute Gasteiger partial charge is 0.212 e. The molecule has 0 radical (unpaired) electrons. The summed E-state index contributed by atoms with van der Waals surface area (Å²) < 4.78 is 26.1. The number of hydrogen-bond donors (Lipinski definition) is 1. The Morgan fingerprint density at radius 1 is 1.35 bits per heavy atom. The molecule has 1 atom stereocenters. The lowest BCUT2D eigenvalue weighted by Crippen LogP contribution is -2.29. The lowest BCUT2D eigenvalue weighted by molar-refractivity contribution is 0.575. The zero-order valence-electron chi connectivity index (χ0n) is 9.29. The summed E-state index contributed by atoms with van der Waals surface area (Å²) in [6.45, 7) is 1.64. The van der Waals surface area contributed by atoms with Gasteiger partial charge in [0.2, 0.25) is 10.0 Å². The van der Waals surface area contributed by atoms with Crippen molar-refractivity contribution in [3.63, 3.8) is 0 Å². The summed E-state index contributed by atoms with van der Waals surface area (Å²) in [5.41, 5.74) is 0.995. The predicted molar refractivity (Wildman–Crippen MR) is 73.1 cm³/mol. The van der Waals surface area contributed by atoms with Gasteiger partial charge in [0.1, 0.15) is 0 Å². The Kier molecular flexibility index (Phi) is 3.98. The van der Waals surface area contributed by atoms with E-state index in [1.807, 2.05) is 34.3 Å². The lowest BCUT2D eigenvalue weighted by Gasteiger charge is -2.15. The maximum Gasteiger partial charge on any atom is 0.212 e. The summed E-state index contributed by atoms with van der Waals surface area (Å²) in [5.74, 6) is 0.0962. The van der Waals surface area contributed by atoms with Crippen LogP contribution in [0.5, 0.6) is 0 Å². The van der Waals surface area contributed by atoms with Gasteiger partial charge < -0.3 is 0 Å². The van der Waals surface area contributed by atoms with Gasteiger partial charge in [-0.1, -0.05) is 6.07 Å². The van der Waals surface area contributed by atoms with Crippen LogP contribution in [0.2, 0.25) is 0 Å². The van der Waals surface area contributed by atoms with E-state index in [9.17, 15) is 8.42 Å². The minimum atomic E-state index is -3.21. The fraction of sp³-hybridized carbons (Fsp3) is 0.273. The van der Waals surface area contributed by atoms with Crippen LogP contribution in [0, 0.1) is 0 Å². The number of thiophene rings is 2. The van der Waals surface area contributed by atoms with Crippen LogP contribution < -0.4 is 4.72 Å². The van der Waals surface area contributed by atoms with Crippen molar-refractivity contribution in [2.24, 2.45) is 0 Å². The molecule has 0 aliphatic rings. The average Bonchev–Trinajstić information content (AvgIpc) is 2.99. The first-order valence-electron chi connectivity index (χ1n) is 5.18. The van der Waals surface area contributed by atoms with Crippen LogP contribution in [0.4, 0.5) is 0 Å². The van der Waals surface area contributed by atoms with Gasteiger partial charge in [-0.3, -0.25) is 0 Å². The zero-order valence-corrected chi connectivity index (χ0v) is 11.7. The maximum atomic E-state index is 11.7. The molecule has 6 heteroatoms. The van der Waals surface area contributed by atoms with E-state index in [1.54, 1.807) is 29.6 Å². The van der Waals surface area contributed by atoms with E-state index in [2.05, 4.69) is 4.72 Å². The topological polar surface area (TPSA) is 46.2 Å². The molecule has 2 heterocycles. The van der Waals surface area contributed by atoms with Crippen molar-refractivity contribution in [1.29, 1.82) is 0 Å². The van der Waals surface area contributed by atoms with Crippen LogP contribution in [0.15, 0.2) is 34.3 Å². The summed E-state index contributed by atoms with van der Waals surface area (Å²) in [4.78, 5) is 1.01. The van der Waals surface area contributed by atoms with E-state index in [0.717, 1.165) is 10.4 Å². The summed E-state index contributed by atoms with van der Waals surface area (Å²) in [6, 6.07) is 5.57. The van der Waals surface area contributed by atoms with Gasteiger partial charge in [-0.2, -0.15) is 11.3 Å². The molecule has 0 spiro atoms. The van der Waals surface area contributed by atoms with Gasteiger partial charge in [-0.05, 0) is 40.8 Å². The maximum absolute atomic E-state index is 11.7. The second kappa shape index (κ2) is 5.30. The SMILES string of the molecule is CCS(=O)(=O)NC(c1ccsc1)c1cccs1. The van der Waals surface area contributed by atoms with Gasteiger partial charge in [-0.25, -0.2) is 13.1 Å². The van der Waals surface area contributed by atoms with Crippen LogP contribution in [-0.2, 0) is 10.0 Å². The second-order valence-electron chi connectivity index (χ2n) is 3.53. The minimum absolute atomic E-state index is 0.0962. The first kappa shape index (κ1) is 12.8. The monoisotopic (exact) mass is 287 g/mol. The molecule has 1 N–H and O–H groups in total. The standard InChI is InChI=1S/C11H13NO2S3/c1-2-17(13,14)12-11(9-5-7-15-8-9)10-4-3-6-16-10/h3-8,11-12H,2H2,1H3. The molecule has 0 aliphatic carbocycles. The molecule has 0 saturated carbocycles. The molecular weight excluding hydrogens is 274 g/mol. The number of nitrogens with one attached hydrogen (secondary N) is 1. The molecule has 2 aromatic rings. The Hall–Kier alpha value is -0.690. The molecule has 0 saturated heterocycles. The second-order valence-corrected chi connectivity index (χ2v) is 7.33. The fourth-order valence-corrected chi connectivity index (χ4v) is 3.80. The van der Waals surface area contributed by atoms with Gasteiger partial charge in [0.15, 0.2) is 0 Å². The molecule has 1 unspecified atom stereocenters. The van der Waals surface area contributed by atoms with E-state index in [1.165, 1.54) is 0 Å². The summed E-state index contributed by atoms with van der Waals surface area (Å²) in [7, 11) is -3.21. The highest BCUT2D eigenvalue weighted by Crippen LogP contribution is 2.28. The summed E-state index contributed by atoms with van der Waals surface area (Å²) in [6.07, 6.45) is 0. The van der Waals surface area contributed by atoms with E-state index in [-0.39, 0.29) is 11.8 Å². The highest BCUT2D eigenvalue weighted by atomic mass is 32.2. The first-order chi connectivity index (χ1) is 8.12. The molecule has 92 valence electrons. The van der Waals surface area contributed by atoms with Gasteiger partial charge >= 0.3 is 0 Å². The Morgan fingerprint density at radius 3 is 2.71 bits per heavy atom. The molecule has 0 fully saturated rings. The lowest BCUT2D eigenvalue weighted by atomic mass is 10.1. The van der Waals surface area contributed by atoms with Crippen LogP contribution in [-0.4, -0.2) is 14.2 Å². The van der Waals surface area contributed by atoms with Crippen LogP contribution in [0.1, 0.15) is 23.4 Å². The number of rotatable bonds is 5. The third kappa shape index (κ3) is 3.16. The van der Waals surface area contributed by atoms with E-state index in [4.69, 9.17) is 0 Å². The molecule has 17 heavy (non-hydrogen) atoms. The van der Waals surface area contributed by atoms with Crippen molar-refractivity contribution < 1.29 is 8.42 Å².